The van der Waals surface area contributed by atoms with Crippen LogP contribution in [-0.2, 0) is 20.7 Å². The first-order chi connectivity index (χ1) is 15.9. The van der Waals surface area contributed by atoms with Crippen LogP contribution in [0.1, 0.15) is 64.9 Å². The van der Waals surface area contributed by atoms with Crippen LogP contribution in [0.25, 0.3) is 0 Å². The second kappa shape index (κ2) is 14.7. The Morgan fingerprint density at radius 2 is 2.00 bits per heavy atom. The van der Waals surface area contributed by atoms with Gasteiger partial charge < -0.3 is 15.2 Å². The average Bonchev–Trinajstić information content (AvgIpc) is 3.07. The van der Waals surface area contributed by atoms with Crippen LogP contribution in [0, 0.1) is 17.8 Å². The summed E-state index contributed by atoms with van der Waals surface area (Å²) in [5, 5.41) is 13.3. The number of hydrogen-bond donors (Lipinski definition) is 2. The molecule has 1 aromatic rings. The molecule has 5 heteroatoms. The predicted octanol–water partition coefficient (Wildman–Crippen LogP) is 4.99. The molecule has 5 unspecified atom stereocenters. The summed E-state index contributed by atoms with van der Waals surface area (Å²) in [6.07, 6.45) is 13.1. The lowest BCUT2D eigenvalue weighted by Crippen LogP contribution is -2.23. The summed E-state index contributed by atoms with van der Waals surface area (Å²) in [7, 11) is 0. The quantitative estimate of drug-likeness (QED) is 0.250. The van der Waals surface area contributed by atoms with Crippen molar-refractivity contribution in [3.05, 3.63) is 60.2 Å². The number of aliphatic hydroxyl groups excluding tert-OH is 1. The number of ether oxygens (including phenoxy) is 1. The van der Waals surface area contributed by atoms with Crippen LogP contribution in [0.5, 0.6) is 0 Å². The Morgan fingerprint density at radius 1 is 1.24 bits per heavy atom. The van der Waals surface area contributed by atoms with Gasteiger partial charge in [0.25, 0.3) is 0 Å². The highest BCUT2D eigenvalue weighted by atomic mass is 16.5. The highest BCUT2D eigenvalue weighted by molar-refractivity contribution is 5.75. The van der Waals surface area contributed by atoms with Crippen LogP contribution in [0.3, 0.4) is 0 Å². The van der Waals surface area contributed by atoms with Crippen LogP contribution in [0.15, 0.2) is 54.6 Å². The molecule has 1 aliphatic carbocycles. The molecule has 0 saturated heterocycles. The third-order valence-corrected chi connectivity index (χ3v) is 6.43. The van der Waals surface area contributed by atoms with Gasteiger partial charge >= 0.3 is 5.97 Å². The lowest BCUT2D eigenvalue weighted by atomic mass is 9.86. The Bertz CT molecular complexity index is 773. The van der Waals surface area contributed by atoms with Gasteiger partial charge in [0.05, 0.1) is 6.10 Å². The molecule has 5 nitrogen and oxygen atoms in total. The minimum Gasteiger partial charge on any atom is -0.462 e. The molecule has 1 amide bonds. The van der Waals surface area contributed by atoms with E-state index in [0.29, 0.717) is 31.2 Å². The summed E-state index contributed by atoms with van der Waals surface area (Å²) in [4.78, 5) is 23.2. The van der Waals surface area contributed by atoms with Gasteiger partial charge in [0.2, 0.25) is 5.91 Å². The van der Waals surface area contributed by atoms with Crippen molar-refractivity contribution < 1.29 is 19.4 Å². The third kappa shape index (κ3) is 9.95. The standard InChI is InChI=1S/C28H41NO4/c1-4-29-28(32)15-11-6-5-10-14-25-21(2)20-27(33-22(3)30)26(25)19-18-24(31)17-16-23-12-8-7-9-13-23/h5,7-10,12-13,18-19,21,24-27,31H,4,6,11,14-17,20H2,1-3H3,(H,29,32). The van der Waals surface area contributed by atoms with Crippen molar-refractivity contribution >= 4 is 11.9 Å². The van der Waals surface area contributed by atoms with E-state index in [1.807, 2.05) is 31.2 Å². The van der Waals surface area contributed by atoms with Gasteiger partial charge in [0.15, 0.2) is 0 Å². The van der Waals surface area contributed by atoms with Crippen molar-refractivity contribution in [2.45, 2.75) is 77.9 Å². The molecule has 0 radical (unpaired) electrons. The van der Waals surface area contributed by atoms with Crippen molar-refractivity contribution in [3.8, 4) is 0 Å². The van der Waals surface area contributed by atoms with E-state index < -0.39 is 6.10 Å². The molecule has 0 spiro atoms. The fourth-order valence-corrected chi connectivity index (χ4v) is 4.70. The predicted molar refractivity (Wildman–Crippen MR) is 133 cm³/mol. The molecule has 1 fully saturated rings. The van der Waals surface area contributed by atoms with Crippen LogP contribution < -0.4 is 5.32 Å². The van der Waals surface area contributed by atoms with E-state index >= 15 is 0 Å². The summed E-state index contributed by atoms with van der Waals surface area (Å²) in [5.74, 6) is 0.722. The van der Waals surface area contributed by atoms with Crippen molar-refractivity contribution in [2.24, 2.45) is 17.8 Å². The lowest BCUT2D eigenvalue weighted by molar-refractivity contribution is -0.147. The van der Waals surface area contributed by atoms with Crippen molar-refractivity contribution in [1.29, 1.82) is 0 Å². The fraction of sp³-hybridized carbons (Fsp3) is 0.571. The molecule has 2 N–H and O–H groups in total. The number of aliphatic hydroxyl groups is 1. The van der Waals surface area contributed by atoms with E-state index in [2.05, 4.69) is 42.6 Å². The fourth-order valence-electron chi connectivity index (χ4n) is 4.70. The van der Waals surface area contributed by atoms with Gasteiger partial charge in [-0.1, -0.05) is 61.6 Å². The summed E-state index contributed by atoms with van der Waals surface area (Å²) < 4.78 is 5.64. The summed E-state index contributed by atoms with van der Waals surface area (Å²) in [5.41, 5.74) is 1.22. The number of amides is 1. The maximum atomic E-state index is 11.6. The largest absolute Gasteiger partial charge is 0.462 e. The van der Waals surface area contributed by atoms with Gasteiger partial charge in [-0.05, 0) is 62.8 Å². The van der Waals surface area contributed by atoms with Crippen LogP contribution >= 0.6 is 0 Å². The molecule has 2 rings (SSSR count). The van der Waals surface area contributed by atoms with Crippen molar-refractivity contribution in [1.82, 2.24) is 5.32 Å². The van der Waals surface area contributed by atoms with Gasteiger partial charge in [-0.15, -0.1) is 0 Å². The normalized spacial score (nSPS) is 23.8. The highest BCUT2D eigenvalue weighted by Crippen LogP contribution is 2.42. The first-order valence-electron chi connectivity index (χ1n) is 12.4. The minimum absolute atomic E-state index is 0.0928. The molecule has 1 aromatic carbocycles. The Balaban J connectivity index is 1.91. The number of hydrogen-bond acceptors (Lipinski definition) is 4. The second-order valence-corrected chi connectivity index (χ2v) is 9.13. The van der Waals surface area contributed by atoms with E-state index in [0.717, 1.165) is 32.1 Å². The van der Waals surface area contributed by atoms with E-state index in [1.54, 1.807) is 0 Å². The molecule has 182 valence electrons. The van der Waals surface area contributed by atoms with Gasteiger partial charge in [-0.25, -0.2) is 0 Å². The van der Waals surface area contributed by atoms with Crippen LogP contribution in [-0.4, -0.2) is 35.7 Å². The lowest BCUT2D eigenvalue weighted by Gasteiger charge is -2.22. The highest BCUT2D eigenvalue weighted by Gasteiger charge is 2.40. The Hall–Kier alpha value is -2.40. The number of unbranched alkanes of at least 4 members (excludes halogenated alkanes) is 1. The maximum absolute atomic E-state index is 11.6. The SMILES string of the molecule is CCNC(=O)CCCC=CCC1C(C)CC(OC(C)=O)C1C=CC(O)CCc1ccccc1. The molecule has 0 bridgehead atoms. The minimum atomic E-state index is -0.524. The third-order valence-electron chi connectivity index (χ3n) is 6.43. The van der Waals surface area contributed by atoms with E-state index in [-0.39, 0.29) is 23.9 Å². The molecule has 33 heavy (non-hydrogen) atoms. The Kier molecular flexibility index (Phi) is 12.0. The zero-order valence-corrected chi connectivity index (χ0v) is 20.4. The zero-order chi connectivity index (χ0) is 24.1. The molecule has 0 heterocycles. The number of carbonyl (C=O) groups excluding carboxylic acids is 2. The molecule has 1 aliphatic rings. The monoisotopic (exact) mass is 455 g/mol. The van der Waals surface area contributed by atoms with Gasteiger partial charge in [0.1, 0.15) is 6.10 Å². The molecule has 5 atom stereocenters. The smallest absolute Gasteiger partial charge is 0.302 e. The molecule has 0 aliphatic heterocycles. The van der Waals surface area contributed by atoms with Gasteiger partial charge in [0, 0.05) is 25.8 Å². The number of esters is 1. The summed E-state index contributed by atoms with van der Waals surface area (Å²) >= 11 is 0. The number of nitrogens with one attached hydrogen (secondary N) is 1. The number of allylic oxidation sites excluding steroid dienone is 2. The summed E-state index contributed by atoms with van der Waals surface area (Å²) in [6.45, 7) is 6.27. The Labute approximate surface area is 199 Å². The number of carbonyl (C=O) groups is 2. The maximum Gasteiger partial charge on any atom is 0.302 e. The second-order valence-electron chi connectivity index (χ2n) is 9.13. The topological polar surface area (TPSA) is 75.6 Å². The van der Waals surface area contributed by atoms with Crippen LogP contribution in [0.4, 0.5) is 0 Å². The van der Waals surface area contributed by atoms with Crippen LogP contribution in [0.2, 0.25) is 0 Å². The zero-order valence-electron chi connectivity index (χ0n) is 20.4. The van der Waals surface area contributed by atoms with Gasteiger partial charge in [-0.2, -0.15) is 0 Å². The van der Waals surface area contributed by atoms with E-state index in [1.165, 1.54) is 12.5 Å². The Morgan fingerprint density at radius 3 is 2.70 bits per heavy atom. The number of aryl methyl sites for hydroxylation is 1. The van der Waals surface area contributed by atoms with E-state index in [9.17, 15) is 14.7 Å². The van der Waals surface area contributed by atoms with E-state index in [4.69, 9.17) is 4.74 Å². The molecular formula is C28H41NO4. The summed E-state index contributed by atoms with van der Waals surface area (Å²) in [6, 6.07) is 10.2. The first-order valence-corrected chi connectivity index (χ1v) is 12.4. The number of rotatable bonds is 13. The van der Waals surface area contributed by atoms with Gasteiger partial charge in [-0.3, -0.25) is 9.59 Å². The average molecular weight is 456 g/mol. The van der Waals surface area contributed by atoms with Crippen molar-refractivity contribution in [2.75, 3.05) is 6.54 Å². The molecular weight excluding hydrogens is 414 g/mol. The first kappa shape index (κ1) is 26.8. The van der Waals surface area contributed by atoms with Crippen molar-refractivity contribution in [3.63, 3.8) is 0 Å². The molecule has 1 saturated carbocycles. The number of benzene rings is 1. The molecule has 0 aromatic heterocycles.